The molecule has 0 fully saturated rings. The molecule has 2 aromatic rings. The van der Waals surface area contributed by atoms with Crippen LogP contribution in [0.1, 0.15) is 59.5 Å². The van der Waals surface area contributed by atoms with Crippen molar-refractivity contribution in [2.24, 2.45) is 0 Å². The number of rotatable bonds is 7. The van der Waals surface area contributed by atoms with Gasteiger partial charge in [0.25, 0.3) is 0 Å². The molecular formula is C22H23F2O4. The molecule has 0 N–H and O–H groups in total. The Bertz CT molecular complexity index is 788. The SMILES string of the molecule is CC(C)OC(=O)c1cccc(F)c1[CH]Cc1c(F)cccc1C(=O)OC(C)C. The number of benzene rings is 2. The molecule has 0 amide bonds. The number of ether oxygens (including phenoxy) is 2. The maximum Gasteiger partial charge on any atom is 0.338 e. The molecule has 0 saturated heterocycles. The van der Waals surface area contributed by atoms with Gasteiger partial charge in [-0.3, -0.25) is 0 Å². The summed E-state index contributed by atoms with van der Waals surface area (Å²) in [5.74, 6) is -2.59. The van der Waals surface area contributed by atoms with Crippen LogP contribution in [0.3, 0.4) is 0 Å². The molecule has 0 bridgehead atoms. The van der Waals surface area contributed by atoms with Crippen LogP contribution in [0, 0.1) is 18.1 Å². The smallest absolute Gasteiger partial charge is 0.338 e. The summed E-state index contributed by atoms with van der Waals surface area (Å²) < 4.78 is 39.0. The van der Waals surface area contributed by atoms with Crippen LogP contribution in [0.2, 0.25) is 0 Å². The monoisotopic (exact) mass is 389 g/mol. The predicted molar refractivity (Wildman–Crippen MR) is 101 cm³/mol. The third-order valence-corrected chi connectivity index (χ3v) is 3.81. The summed E-state index contributed by atoms with van der Waals surface area (Å²) in [5, 5.41) is 0. The quantitative estimate of drug-likeness (QED) is 0.633. The van der Waals surface area contributed by atoms with E-state index in [2.05, 4.69) is 0 Å². The summed E-state index contributed by atoms with van der Waals surface area (Å²) in [5.41, 5.74) is 0.170. The van der Waals surface area contributed by atoms with Gasteiger partial charge >= 0.3 is 11.9 Å². The number of halogens is 2. The molecular weight excluding hydrogens is 366 g/mol. The van der Waals surface area contributed by atoms with Gasteiger partial charge in [-0.1, -0.05) is 12.1 Å². The van der Waals surface area contributed by atoms with Crippen molar-refractivity contribution in [3.05, 3.63) is 76.7 Å². The molecule has 1 radical (unpaired) electrons. The van der Waals surface area contributed by atoms with E-state index in [0.29, 0.717) is 0 Å². The summed E-state index contributed by atoms with van der Waals surface area (Å²) in [4.78, 5) is 24.5. The van der Waals surface area contributed by atoms with Gasteiger partial charge in [0.1, 0.15) is 11.6 Å². The minimum Gasteiger partial charge on any atom is -0.459 e. The van der Waals surface area contributed by atoms with E-state index in [1.54, 1.807) is 27.7 Å². The Balaban J connectivity index is 2.33. The second-order valence-electron chi connectivity index (χ2n) is 6.78. The van der Waals surface area contributed by atoms with Gasteiger partial charge in [-0.25, -0.2) is 18.4 Å². The van der Waals surface area contributed by atoms with E-state index < -0.39 is 23.6 Å². The molecule has 0 aliphatic carbocycles. The van der Waals surface area contributed by atoms with Crippen molar-refractivity contribution in [1.29, 1.82) is 0 Å². The van der Waals surface area contributed by atoms with E-state index in [4.69, 9.17) is 9.47 Å². The number of hydrogen-bond acceptors (Lipinski definition) is 4. The minimum absolute atomic E-state index is 0.000389. The van der Waals surface area contributed by atoms with E-state index >= 15 is 0 Å². The van der Waals surface area contributed by atoms with Crippen LogP contribution >= 0.6 is 0 Å². The van der Waals surface area contributed by atoms with E-state index in [-0.39, 0.29) is 40.9 Å². The molecule has 0 aliphatic heterocycles. The highest BCUT2D eigenvalue weighted by atomic mass is 19.1. The normalized spacial score (nSPS) is 11.0. The summed E-state index contributed by atoms with van der Waals surface area (Å²) in [6, 6.07) is 8.11. The number of carbonyl (C=O) groups is 2. The van der Waals surface area contributed by atoms with Gasteiger partial charge in [0, 0.05) is 11.1 Å². The third-order valence-electron chi connectivity index (χ3n) is 3.81. The lowest BCUT2D eigenvalue weighted by atomic mass is 9.96. The van der Waals surface area contributed by atoms with Crippen LogP contribution in [0.15, 0.2) is 36.4 Å². The van der Waals surface area contributed by atoms with Gasteiger partial charge < -0.3 is 9.47 Å². The van der Waals surface area contributed by atoms with Gasteiger partial charge in [0.05, 0.1) is 23.3 Å². The van der Waals surface area contributed by atoms with Crippen LogP contribution in [0.5, 0.6) is 0 Å². The fraction of sp³-hybridized carbons (Fsp3) is 0.318. The largest absolute Gasteiger partial charge is 0.459 e. The maximum atomic E-state index is 14.4. The van der Waals surface area contributed by atoms with Crippen molar-refractivity contribution in [3.8, 4) is 0 Å². The molecule has 2 rings (SSSR count). The Morgan fingerprint density at radius 3 is 1.93 bits per heavy atom. The zero-order valence-corrected chi connectivity index (χ0v) is 16.3. The number of hydrogen-bond donors (Lipinski definition) is 0. The minimum atomic E-state index is -0.672. The zero-order valence-electron chi connectivity index (χ0n) is 16.3. The van der Waals surface area contributed by atoms with Crippen LogP contribution in [-0.2, 0) is 15.9 Å². The molecule has 4 nitrogen and oxygen atoms in total. The van der Waals surface area contributed by atoms with Crippen molar-refractivity contribution in [2.45, 2.75) is 46.3 Å². The lowest BCUT2D eigenvalue weighted by molar-refractivity contribution is 0.0365. The van der Waals surface area contributed by atoms with Gasteiger partial charge in [0.2, 0.25) is 0 Å². The first-order chi connectivity index (χ1) is 13.2. The second-order valence-corrected chi connectivity index (χ2v) is 6.78. The average molecular weight is 389 g/mol. The highest BCUT2D eigenvalue weighted by Gasteiger charge is 2.21. The van der Waals surface area contributed by atoms with Gasteiger partial charge in [0.15, 0.2) is 0 Å². The fourth-order valence-electron chi connectivity index (χ4n) is 2.64. The van der Waals surface area contributed by atoms with Gasteiger partial charge in [-0.15, -0.1) is 0 Å². The summed E-state index contributed by atoms with van der Waals surface area (Å²) in [7, 11) is 0. The molecule has 0 unspecified atom stereocenters. The first kappa shape index (κ1) is 21.5. The van der Waals surface area contributed by atoms with Crippen LogP contribution in [0.25, 0.3) is 0 Å². The maximum absolute atomic E-state index is 14.4. The lowest BCUT2D eigenvalue weighted by Gasteiger charge is -2.14. The average Bonchev–Trinajstić information content (AvgIpc) is 2.60. The van der Waals surface area contributed by atoms with Crippen molar-refractivity contribution in [2.75, 3.05) is 0 Å². The molecule has 0 aliphatic rings. The first-order valence-electron chi connectivity index (χ1n) is 9.01. The Morgan fingerprint density at radius 1 is 0.857 bits per heavy atom. The Hall–Kier alpha value is -2.76. The number of esters is 2. The molecule has 2 aromatic carbocycles. The predicted octanol–water partition coefficient (Wildman–Crippen LogP) is 4.89. The van der Waals surface area contributed by atoms with E-state index in [1.165, 1.54) is 42.8 Å². The van der Waals surface area contributed by atoms with E-state index in [1.807, 2.05) is 0 Å². The van der Waals surface area contributed by atoms with Crippen molar-refractivity contribution >= 4 is 11.9 Å². The molecule has 0 spiro atoms. The molecule has 0 saturated carbocycles. The topological polar surface area (TPSA) is 52.6 Å². The lowest BCUT2D eigenvalue weighted by Crippen LogP contribution is -2.16. The summed E-state index contributed by atoms with van der Waals surface area (Å²) >= 11 is 0. The molecule has 6 heteroatoms. The van der Waals surface area contributed by atoms with E-state index in [9.17, 15) is 18.4 Å². The standard InChI is InChI=1S/C22H23F2O4/c1-13(2)27-21(25)17-7-5-9-19(23)15(17)11-12-16-18(8-6-10-20(16)24)22(26)28-14(3)4/h5-11,13-14H,12H2,1-4H3. The second kappa shape index (κ2) is 9.44. The van der Waals surface area contributed by atoms with Crippen molar-refractivity contribution in [1.82, 2.24) is 0 Å². The molecule has 0 heterocycles. The molecule has 28 heavy (non-hydrogen) atoms. The van der Waals surface area contributed by atoms with E-state index in [0.717, 1.165) is 0 Å². The van der Waals surface area contributed by atoms with Crippen molar-refractivity contribution < 1.29 is 27.8 Å². The van der Waals surface area contributed by atoms with Crippen molar-refractivity contribution in [3.63, 3.8) is 0 Å². The summed E-state index contributed by atoms with van der Waals surface area (Å²) in [6.07, 6.45) is 0.540. The Labute approximate surface area is 163 Å². The highest BCUT2D eigenvalue weighted by molar-refractivity contribution is 5.92. The summed E-state index contributed by atoms with van der Waals surface area (Å²) in [6.45, 7) is 6.75. The highest BCUT2D eigenvalue weighted by Crippen LogP contribution is 2.23. The van der Waals surface area contributed by atoms with Crippen LogP contribution < -0.4 is 0 Å². The van der Waals surface area contributed by atoms with Gasteiger partial charge in [-0.2, -0.15) is 0 Å². The zero-order chi connectivity index (χ0) is 20.8. The van der Waals surface area contributed by atoms with Crippen LogP contribution in [0.4, 0.5) is 8.78 Å². The fourth-order valence-corrected chi connectivity index (χ4v) is 2.64. The first-order valence-corrected chi connectivity index (χ1v) is 9.01. The Morgan fingerprint density at radius 2 is 1.36 bits per heavy atom. The third kappa shape index (κ3) is 5.38. The Kier molecular flexibility index (Phi) is 7.26. The van der Waals surface area contributed by atoms with Crippen LogP contribution in [-0.4, -0.2) is 24.1 Å². The van der Waals surface area contributed by atoms with Gasteiger partial charge in [-0.05, 0) is 64.8 Å². The molecule has 0 atom stereocenters. The molecule has 0 aromatic heterocycles. The number of carbonyl (C=O) groups excluding carboxylic acids is 2. The molecule has 149 valence electrons.